The Balaban J connectivity index is 2.19. The van der Waals surface area contributed by atoms with Gasteiger partial charge >= 0.3 is 0 Å². The average molecular weight is 272 g/mol. The van der Waals surface area contributed by atoms with Crippen LogP contribution in [0.25, 0.3) is 0 Å². The number of aromatic nitrogens is 2. The van der Waals surface area contributed by atoms with Crippen molar-refractivity contribution < 1.29 is 0 Å². The maximum atomic E-state index is 4.46. The third kappa shape index (κ3) is 2.79. The standard InChI is InChI=1S/C16H24N4/c1-6-19(4)16-10-8-7-9-15(16)17-11-14-12(2)18-20(5)13(14)3/h7-10,17H,6,11H2,1-5H3. The van der Waals surface area contributed by atoms with Gasteiger partial charge in [-0.1, -0.05) is 12.1 Å². The van der Waals surface area contributed by atoms with E-state index in [1.54, 1.807) is 0 Å². The first-order valence-corrected chi connectivity index (χ1v) is 7.07. The summed E-state index contributed by atoms with van der Waals surface area (Å²) in [5, 5.41) is 8.01. The topological polar surface area (TPSA) is 33.1 Å². The minimum Gasteiger partial charge on any atom is -0.379 e. The third-order valence-corrected chi connectivity index (χ3v) is 3.90. The van der Waals surface area contributed by atoms with E-state index in [9.17, 15) is 0 Å². The van der Waals surface area contributed by atoms with Crippen molar-refractivity contribution >= 4 is 11.4 Å². The highest BCUT2D eigenvalue weighted by Gasteiger charge is 2.10. The zero-order chi connectivity index (χ0) is 14.7. The number of hydrogen-bond donors (Lipinski definition) is 1. The normalized spacial score (nSPS) is 10.7. The van der Waals surface area contributed by atoms with Crippen LogP contribution in [0.15, 0.2) is 24.3 Å². The van der Waals surface area contributed by atoms with Crippen LogP contribution in [-0.4, -0.2) is 23.4 Å². The molecule has 2 aromatic rings. The molecule has 0 spiro atoms. The van der Waals surface area contributed by atoms with Gasteiger partial charge in [-0.2, -0.15) is 5.10 Å². The summed E-state index contributed by atoms with van der Waals surface area (Å²) in [6.45, 7) is 8.13. The van der Waals surface area contributed by atoms with Crippen LogP contribution in [0.2, 0.25) is 0 Å². The monoisotopic (exact) mass is 272 g/mol. The van der Waals surface area contributed by atoms with Crippen molar-refractivity contribution in [2.24, 2.45) is 7.05 Å². The Kier molecular flexibility index (Phi) is 4.32. The molecule has 20 heavy (non-hydrogen) atoms. The molecule has 0 amide bonds. The lowest BCUT2D eigenvalue weighted by Crippen LogP contribution is -2.17. The zero-order valence-electron chi connectivity index (χ0n) is 13.1. The minimum absolute atomic E-state index is 0.806. The summed E-state index contributed by atoms with van der Waals surface area (Å²) >= 11 is 0. The highest BCUT2D eigenvalue weighted by molar-refractivity contribution is 5.69. The van der Waals surface area contributed by atoms with E-state index in [2.05, 4.69) is 67.4 Å². The molecule has 1 aromatic carbocycles. The van der Waals surface area contributed by atoms with Crippen molar-refractivity contribution in [3.63, 3.8) is 0 Å². The highest BCUT2D eigenvalue weighted by atomic mass is 15.3. The van der Waals surface area contributed by atoms with E-state index in [1.807, 2.05) is 11.7 Å². The van der Waals surface area contributed by atoms with Gasteiger partial charge in [-0.25, -0.2) is 0 Å². The molecule has 0 radical (unpaired) electrons. The van der Waals surface area contributed by atoms with Gasteiger partial charge in [0.1, 0.15) is 0 Å². The molecule has 0 saturated carbocycles. The highest BCUT2D eigenvalue weighted by Crippen LogP contribution is 2.25. The van der Waals surface area contributed by atoms with E-state index >= 15 is 0 Å². The molecule has 0 fully saturated rings. The lowest BCUT2D eigenvalue weighted by atomic mass is 10.2. The molecule has 108 valence electrons. The number of rotatable bonds is 5. The van der Waals surface area contributed by atoms with Crippen LogP contribution >= 0.6 is 0 Å². The second-order valence-corrected chi connectivity index (χ2v) is 5.16. The number of nitrogens with one attached hydrogen (secondary N) is 1. The van der Waals surface area contributed by atoms with Gasteiger partial charge in [0, 0.05) is 38.4 Å². The van der Waals surface area contributed by atoms with E-state index in [0.717, 1.165) is 18.8 Å². The smallest absolute Gasteiger partial charge is 0.0646 e. The number of para-hydroxylation sites is 2. The molecule has 1 N–H and O–H groups in total. The van der Waals surface area contributed by atoms with Gasteiger partial charge in [0.15, 0.2) is 0 Å². The molecule has 0 saturated heterocycles. The Morgan fingerprint density at radius 2 is 1.95 bits per heavy atom. The van der Waals surface area contributed by atoms with Gasteiger partial charge < -0.3 is 10.2 Å². The summed E-state index contributed by atoms with van der Waals surface area (Å²) in [5.74, 6) is 0. The number of benzene rings is 1. The molecule has 0 aliphatic carbocycles. The zero-order valence-corrected chi connectivity index (χ0v) is 13.1. The van der Waals surface area contributed by atoms with Crippen LogP contribution in [0.3, 0.4) is 0 Å². The quantitative estimate of drug-likeness (QED) is 0.908. The largest absolute Gasteiger partial charge is 0.379 e. The fourth-order valence-corrected chi connectivity index (χ4v) is 2.38. The number of nitrogens with zero attached hydrogens (tertiary/aromatic N) is 3. The summed E-state index contributed by atoms with van der Waals surface area (Å²) in [5.41, 5.74) is 5.99. The van der Waals surface area contributed by atoms with Crippen LogP contribution in [0.1, 0.15) is 23.9 Å². The van der Waals surface area contributed by atoms with E-state index in [0.29, 0.717) is 0 Å². The Morgan fingerprint density at radius 1 is 1.25 bits per heavy atom. The number of aryl methyl sites for hydroxylation is 2. The molecular weight excluding hydrogens is 248 g/mol. The molecule has 2 rings (SSSR count). The Morgan fingerprint density at radius 3 is 2.55 bits per heavy atom. The summed E-state index contributed by atoms with van der Waals surface area (Å²) in [6, 6.07) is 8.42. The van der Waals surface area contributed by atoms with Gasteiger partial charge in [0.05, 0.1) is 17.1 Å². The van der Waals surface area contributed by atoms with Crippen LogP contribution in [-0.2, 0) is 13.6 Å². The Labute approximate surface area is 121 Å². The van der Waals surface area contributed by atoms with Crippen molar-refractivity contribution in [3.05, 3.63) is 41.2 Å². The van der Waals surface area contributed by atoms with Crippen LogP contribution in [0, 0.1) is 13.8 Å². The van der Waals surface area contributed by atoms with E-state index in [4.69, 9.17) is 0 Å². The summed E-state index contributed by atoms with van der Waals surface area (Å²) in [4.78, 5) is 2.24. The van der Waals surface area contributed by atoms with Crippen molar-refractivity contribution in [3.8, 4) is 0 Å². The molecular formula is C16H24N4. The average Bonchev–Trinajstić information content (AvgIpc) is 2.70. The molecule has 0 aliphatic heterocycles. The molecule has 4 heteroatoms. The summed E-state index contributed by atoms with van der Waals surface area (Å²) < 4.78 is 1.94. The first-order valence-electron chi connectivity index (χ1n) is 7.07. The van der Waals surface area contributed by atoms with E-state index in [-0.39, 0.29) is 0 Å². The maximum absolute atomic E-state index is 4.46. The SMILES string of the molecule is CCN(C)c1ccccc1NCc1c(C)nn(C)c1C. The maximum Gasteiger partial charge on any atom is 0.0646 e. The van der Waals surface area contributed by atoms with Gasteiger partial charge in [0.25, 0.3) is 0 Å². The predicted molar refractivity (Wildman–Crippen MR) is 85.4 cm³/mol. The van der Waals surface area contributed by atoms with Gasteiger partial charge in [-0.3, -0.25) is 4.68 Å². The lowest BCUT2D eigenvalue weighted by molar-refractivity contribution is 0.730. The van der Waals surface area contributed by atoms with Crippen molar-refractivity contribution in [1.29, 1.82) is 0 Å². The third-order valence-electron chi connectivity index (χ3n) is 3.90. The van der Waals surface area contributed by atoms with Crippen LogP contribution in [0.5, 0.6) is 0 Å². The molecule has 0 atom stereocenters. The van der Waals surface area contributed by atoms with E-state index in [1.165, 1.54) is 22.6 Å². The molecule has 0 bridgehead atoms. The molecule has 0 unspecified atom stereocenters. The van der Waals surface area contributed by atoms with Crippen molar-refractivity contribution in [2.75, 3.05) is 23.8 Å². The second-order valence-electron chi connectivity index (χ2n) is 5.16. The van der Waals surface area contributed by atoms with Crippen molar-refractivity contribution in [1.82, 2.24) is 9.78 Å². The van der Waals surface area contributed by atoms with Gasteiger partial charge in [0.2, 0.25) is 0 Å². The summed E-state index contributed by atoms with van der Waals surface area (Å²) in [6.07, 6.45) is 0. The van der Waals surface area contributed by atoms with Crippen LogP contribution in [0.4, 0.5) is 11.4 Å². The van der Waals surface area contributed by atoms with Crippen molar-refractivity contribution in [2.45, 2.75) is 27.3 Å². The Bertz CT molecular complexity index is 586. The first kappa shape index (κ1) is 14.4. The number of anilines is 2. The molecule has 0 aliphatic rings. The molecule has 4 nitrogen and oxygen atoms in total. The first-order chi connectivity index (χ1) is 9.54. The van der Waals surface area contributed by atoms with Crippen LogP contribution < -0.4 is 10.2 Å². The van der Waals surface area contributed by atoms with Gasteiger partial charge in [-0.15, -0.1) is 0 Å². The fourth-order valence-electron chi connectivity index (χ4n) is 2.38. The lowest BCUT2D eigenvalue weighted by Gasteiger charge is -2.21. The van der Waals surface area contributed by atoms with Gasteiger partial charge in [-0.05, 0) is 32.9 Å². The Hall–Kier alpha value is -1.97. The predicted octanol–water partition coefficient (Wildman–Crippen LogP) is 3.11. The molecule has 1 heterocycles. The number of hydrogen-bond acceptors (Lipinski definition) is 3. The fraction of sp³-hybridized carbons (Fsp3) is 0.438. The van der Waals surface area contributed by atoms with E-state index < -0.39 is 0 Å². The second kappa shape index (κ2) is 5.99. The molecule has 1 aromatic heterocycles. The minimum atomic E-state index is 0.806. The summed E-state index contributed by atoms with van der Waals surface area (Å²) in [7, 11) is 4.10.